The van der Waals surface area contributed by atoms with E-state index in [1.165, 1.54) is 6.07 Å². The first-order chi connectivity index (χ1) is 9.97. The Morgan fingerprint density at radius 1 is 1.29 bits per heavy atom. The van der Waals surface area contributed by atoms with E-state index in [1.807, 2.05) is 0 Å². The van der Waals surface area contributed by atoms with E-state index in [0.717, 1.165) is 17.8 Å². The van der Waals surface area contributed by atoms with E-state index >= 15 is 0 Å². The van der Waals surface area contributed by atoms with Gasteiger partial charge in [0.05, 0.1) is 13.1 Å². The normalized spacial score (nSPS) is 15.5. The molecule has 0 aliphatic carbocycles. The molecule has 1 aliphatic rings. The van der Waals surface area contributed by atoms with Crippen LogP contribution in [0.3, 0.4) is 0 Å². The fraction of sp³-hybridized carbons (Fsp3) is 0.615. The van der Waals surface area contributed by atoms with E-state index < -0.39 is 11.5 Å². The van der Waals surface area contributed by atoms with Gasteiger partial charge >= 0.3 is 0 Å². The number of hydrogen-bond donors (Lipinski definition) is 1. The molecule has 1 fully saturated rings. The maximum Gasteiger partial charge on any atom is 0.290 e. The lowest BCUT2D eigenvalue weighted by Crippen LogP contribution is -2.49. The van der Waals surface area contributed by atoms with Gasteiger partial charge < -0.3 is 14.7 Å². The summed E-state index contributed by atoms with van der Waals surface area (Å²) in [5.41, 5.74) is -0.487. The zero-order chi connectivity index (χ0) is 15.4. The number of nitrogens with zero attached hydrogens (tertiary/aromatic N) is 3. The third kappa shape index (κ3) is 4.02. The van der Waals surface area contributed by atoms with Crippen LogP contribution in [0, 0.1) is 6.92 Å². The topological polar surface area (TPSA) is 87.8 Å². The maximum atomic E-state index is 12.1. The third-order valence-electron chi connectivity index (χ3n) is 3.27. The molecule has 1 aromatic rings. The first kappa shape index (κ1) is 15.5. The second-order valence-electron chi connectivity index (χ2n) is 5.18. The smallest absolute Gasteiger partial charge is 0.290 e. The Bertz CT molecular complexity index is 571. The van der Waals surface area contributed by atoms with Crippen LogP contribution in [0.25, 0.3) is 0 Å². The van der Waals surface area contributed by atoms with Gasteiger partial charge in [0.15, 0.2) is 0 Å². The molecular weight excluding hydrogens is 276 g/mol. The number of aromatic nitrogens is 1. The Morgan fingerprint density at radius 3 is 2.48 bits per heavy atom. The summed E-state index contributed by atoms with van der Waals surface area (Å²) in [4.78, 5) is 38.8. The highest BCUT2D eigenvalue weighted by Crippen LogP contribution is 1.97. The number of rotatable bonds is 4. The van der Waals surface area contributed by atoms with Crippen molar-refractivity contribution < 1.29 is 14.1 Å². The number of piperazine rings is 1. The van der Waals surface area contributed by atoms with Crippen molar-refractivity contribution >= 4 is 11.8 Å². The molecule has 0 bridgehead atoms. The first-order valence-electron chi connectivity index (χ1n) is 6.87. The maximum absolute atomic E-state index is 12.1. The van der Waals surface area contributed by atoms with Crippen LogP contribution in [0.1, 0.15) is 10.6 Å². The molecule has 21 heavy (non-hydrogen) atoms. The van der Waals surface area contributed by atoms with E-state index in [1.54, 1.807) is 23.8 Å². The van der Waals surface area contributed by atoms with Crippen molar-refractivity contribution in [3.63, 3.8) is 0 Å². The Kier molecular flexibility index (Phi) is 4.92. The molecule has 1 aromatic heterocycles. The summed E-state index contributed by atoms with van der Waals surface area (Å²) in [6, 6.07) is 1.25. The minimum atomic E-state index is -0.487. The van der Waals surface area contributed by atoms with Gasteiger partial charge in [0.25, 0.3) is 11.5 Å². The molecule has 1 aliphatic heterocycles. The van der Waals surface area contributed by atoms with Gasteiger partial charge in [0.1, 0.15) is 5.76 Å². The van der Waals surface area contributed by atoms with Crippen LogP contribution >= 0.6 is 0 Å². The van der Waals surface area contributed by atoms with Crippen molar-refractivity contribution in [1.29, 1.82) is 0 Å². The van der Waals surface area contributed by atoms with E-state index in [-0.39, 0.29) is 19.0 Å². The average Bonchev–Trinajstić information content (AvgIpc) is 2.78. The van der Waals surface area contributed by atoms with Crippen molar-refractivity contribution in [1.82, 2.24) is 19.9 Å². The standard InChI is InChI=1S/C13H20N4O4/c1-10-7-11(18)17(21-10)13(20)9-15(2)8-12(19)16-5-3-14-4-6-16/h7,14H,3-6,8-9H2,1-2H3. The summed E-state index contributed by atoms with van der Waals surface area (Å²) in [5, 5.41) is 3.17. The average molecular weight is 296 g/mol. The lowest BCUT2D eigenvalue weighted by atomic mass is 10.3. The van der Waals surface area contributed by atoms with Gasteiger partial charge in [-0.1, -0.05) is 0 Å². The number of carbonyl (C=O) groups excluding carboxylic acids is 2. The highest BCUT2D eigenvalue weighted by Gasteiger charge is 2.20. The second kappa shape index (κ2) is 6.68. The van der Waals surface area contributed by atoms with Crippen LogP contribution in [0.2, 0.25) is 0 Å². The van der Waals surface area contributed by atoms with Crippen molar-refractivity contribution in [2.24, 2.45) is 0 Å². The molecule has 8 nitrogen and oxygen atoms in total. The molecule has 8 heteroatoms. The number of carbonyl (C=O) groups is 2. The molecule has 0 saturated carbocycles. The van der Waals surface area contributed by atoms with Gasteiger partial charge in [-0.2, -0.15) is 0 Å². The summed E-state index contributed by atoms with van der Waals surface area (Å²) in [6.45, 7) is 4.62. The van der Waals surface area contributed by atoms with Crippen molar-refractivity contribution in [3.8, 4) is 0 Å². The van der Waals surface area contributed by atoms with Crippen molar-refractivity contribution in [3.05, 3.63) is 22.2 Å². The van der Waals surface area contributed by atoms with E-state index in [4.69, 9.17) is 4.52 Å². The third-order valence-corrected chi connectivity index (χ3v) is 3.27. The Balaban J connectivity index is 1.87. The quantitative estimate of drug-likeness (QED) is 0.747. The highest BCUT2D eigenvalue weighted by atomic mass is 16.5. The minimum Gasteiger partial charge on any atom is -0.373 e. The molecular formula is C13H20N4O4. The van der Waals surface area contributed by atoms with Crippen LogP contribution < -0.4 is 10.9 Å². The number of aryl methyl sites for hydroxylation is 1. The lowest BCUT2D eigenvalue weighted by Gasteiger charge is -2.29. The Morgan fingerprint density at radius 2 is 1.90 bits per heavy atom. The molecule has 1 amide bonds. The minimum absolute atomic E-state index is 0.0187. The molecule has 2 heterocycles. The molecule has 1 N–H and O–H groups in total. The largest absolute Gasteiger partial charge is 0.373 e. The number of hydrogen-bond acceptors (Lipinski definition) is 6. The zero-order valence-electron chi connectivity index (χ0n) is 12.3. The monoisotopic (exact) mass is 296 g/mol. The van der Waals surface area contributed by atoms with E-state index in [2.05, 4.69) is 5.32 Å². The fourth-order valence-electron chi connectivity index (χ4n) is 2.22. The Labute approximate surface area is 122 Å². The van der Waals surface area contributed by atoms with Crippen LogP contribution in [-0.2, 0) is 4.79 Å². The van der Waals surface area contributed by atoms with Crippen LogP contribution in [-0.4, -0.2) is 72.7 Å². The predicted octanol–water partition coefficient (Wildman–Crippen LogP) is -1.25. The molecule has 0 radical (unpaired) electrons. The SMILES string of the molecule is Cc1cc(=O)n(C(=O)CN(C)CC(=O)N2CCNCC2)o1. The van der Waals surface area contributed by atoms with Gasteiger partial charge in [0, 0.05) is 32.2 Å². The summed E-state index contributed by atoms with van der Waals surface area (Å²) >= 11 is 0. The first-order valence-corrected chi connectivity index (χ1v) is 6.87. The number of nitrogens with one attached hydrogen (secondary N) is 1. The van der Waals surface area contributed by atoms with Gasteiger partial charge in [-0.3, -0.25) is 19.3 Å². The van der Waals surface area contributed by atoms with Gasteiger partial charge in [-0.15, -0.1) is 4.74 Å². The van der Waals surface area contributed by atoms with Gasteiger partial charge in [0.2, 0.25) is 5.91 Å². The molecule has 0 aromatic carbocycles. The summed E-state index contributed by atoms with van der Waals surface area (Å²) < 4.78 is 5.75. The summed E-state index contributed by atoms with van der Waals surface area (Å²) in [7, 11) is 1.67. The number of likely N-dealkylation sites (N-methyl/N-ethyl adjacent to an activating group) is 1. The van der Waals surface area contributed by atoms with Crippen LogP contribution in [0.4, 0.5) is 0 Å². The molecule has 0 unspecified atom stereocenters. The molecule has 0 atom stereocenters. The van der Waals surface area contributed by atoms with Gasteiger partial charge in [-0.25, -0.2) is 0 Å². The zero-order valence-corrected chi connectivity index (χ0v) is 12.3. The molecule has 0 spiro atoms. The van der Waals surface area contributed by atoms with Crippen molar-refractivity contribution in [2.45, 2.75) is 6.92 Å². The van der Waals surface area contributed by atoms with Gasteiger partial charge in [-0.05, 0) is 14.0 Å². The fourth-order valence-corrected chi connectivity index (χ4v) is 2.22. The Hall–Kier alpha value is -1.93. The number of amides is 1. The molecule has 1 saturated heterocycles. The highest BCUT2D eigenvalue weighted by molar-refractivity contribution is 5.82. The predicted molar refractivity (Wildman–Crippen MR) is 75.3 cm³/mol. The second-order valence-corrected chi connectivity index (χ2v) is 5.18. The van der Waals surface area contributed by atoms with Crippen molar-refractivity contribution in [2.75, 3.05) is 46.3 Å². The molecule has 2 rings (SSSR count). The van der Waals surface area contributed by atoms with Crippen LogP contribution in [0.5, 0.6) is 0 Å². The summed E-state index contributed by atoms with van der Waals surface area (Å²) in [6.07, 6.45) is 0. The summed E-state index contributed by atoms with van der Waals surface area (Å²) in [5.74, 6) is -0.119. The lowest BCUT2D eigenvalue weighted by molar-refractivity contribution is -0.132. The van der Waals surface area contributed by atoms with E-state index in [9.17, 15) is 14.4 Å². The van der Waals surface area contributed by atoms with Crippen LogP contribution in [0.15, 0.2) is 15.4 Å². The van der Waals surface area contributed by atoms with E-state index in [0.29, 0.717) is 18.8 Å². The molecule has 116 valence electrons.